The van der Waals surface area contributed by atoms with Gasteiger partial charge in [-0.15, -0.1) is 0 Å². The molecule has 20 atom stereocenters. The first-order chi connectivity index (χ1) is 26.0. The van der Waals surface area contributed by atoms with E-state index in [1.807, 2.05) is 0 Å². The van der Waals surface area contributed by atoms with Gasteiger partial charge in [-0.1, -0.05) is 53.2 Å². The van der Waals surface area contributed by atoms with Gasteiger partial charge >= 0.3 is 0 Å². The molecular formula is C42H72O14. The summed E-state index contributed by atoms with van der Waals surface area (Å²) in [5, 5.41) is 108. The van der Waals surface area contributed by atoms with Crippen molar-refractivity contribution in [2.75, 3.05) is 13.2 Å². The third kappa shape index (κ3) is 7.16. The average Bonchev–Trinajstić information content (AvgIpc) is 3.40. The van der Waals surface area contributed by atoms with Crippen molar-refractivity contribution < 1.29 is 70.0 Å². The number of hydrogen-bond donors (Lipinski definition) is 10. The Bertz CT molecular complexity index is 1400. The van der Waals surface area contributed by atoms with Crippen LogP contribution in [0.2, 0.25) is 0 Å². The Morgan fingerprint density at radius 2 is 1.38 bits per heavy atom. The van der Waals surface area contributed by atoms with Crippen LogP contribution in [0.1, 0.15) is 107 Å². The van der Waals surface area contributed by atoms with Crippen LogP contribution in [-0.4, -0.2) is 150 Å². The molecule has 324 valence electrons. The summed E-state index contributed by atoms with van der Waals surface area (Å²) in [4.78, 5) is 0. The Hall–Kier alpha value is -0.820. The predicted octanol–water partition coefficient (Wildman–Crippen LogP) is 1.12. The molecule has 20 unspecified atom stereocenters. The molecular weight excluding hydrogens is 728 g/mol. The highest BCUT2D eigenvalue weighted by atomic mass is 16.8. The van der Waals surface area contributed by atoms with Crippen LogP contribution in [0.25, 0.3) is 0 Å². The quantitative estimate of drug-likeness (QED) is 0.132. The summed E-state index contributed by atoms with van der Waals surface area (Å²) in [7, 11) is 0. The monoisotopic (exact) mass is 800 g/mol. The van der Waals surface area contributed by atoms with E-state index in [0.29, 0.717) is 19.3 Å². The van der Waals surface area contributed by atoms with E-state index in [1.54, 1.807) is 13.8 Å². The number of fused-ring (bicyclic) bond motifs is 5. The van der Waals surface area contributed by atoms with E-state index >= 15 is 0 Å². The van der Waals surface area contributed by atoms with Gasteiger partial charge in [0, 0.05) is 10.8 Å². The van der Waals surface area contributed by atoms with Crippen molar-refractivity contribution in [1.29, 1.82) is 0 Å². The number of hydrogen-bond acceptors (Lipinski definition) is 14. The third-order valence-electron chi connectivity index (χ3n) is 16.6. The normalized spacial score (nSPS) is 50.3. The molecule has 4 aliphatic carbocycles. The van der Waals surface area contributed by atoms with Crippen LogP contribution in [0.3, 0.4) is 0 Å². The lowest BCUT2D eigenvalue weighted by atomic mass is 9.38. The molecule has 0 radical (unpaired) electrons. The zero-order valence-electron chi connectivity index (χ0n) is 34.6. The molecule has 0 aromatic carbocycles. The topological polar surface area (TPSA) is 239 Å². The van der Waals surface area contributed by atoms with Gasteiger partial charge in [0.25, 0.3) is 0 Å². The summed E-state index contributed by atoms with van der Waals surface area (Å²) < 4.78 is 23.7. The van der Waals surface area contributed by atoms with Gasteiger partial charge < -0.3 is 70.0 Å². The fraction of sp³-hybridized carbons (Fsp3) is 0.952. The molecule has 10 N–H and O–H groups in total. The molecule has 14 nitrogen and oxygen atoms in total. The molecule has 3 saturated carbocycles. The second kappa shape index (κ2) is 15.9. The number of aliphatic hydroxyl groups is 10. The van der Waals surface area contributed by atoms with Crippen molar-refractivity contribution in [3.8, 4) is 0 Å². The Balaban J connectivity index is 1.19. The van der Waals surface area contributed by atoms with E-state index in [4.69, 9.17) is 18.9 Å². The van der Waals surface area contributed by atoms with Crippen LogP contribution in [0.15, 0.2) is 11.6 Å². The van der Waals surface area contributed by atoms with Crippen LogP contribution in [0.5, 0.6) is 0 Å². The molecule has 6 aliphatic rings. The van der Waals surface area contributed by atoms with E-state index in [2.05, 4.69) is 47.6 Å². The van der Waals surface area contributed by atoms with Crippen LogP contribution in [-0.2, 0) is 18.9 Å². The molecule has 56 heavy (non-hydrogen) atoms. The van der Waals surface area contributed by atoms with Gasteiger partial charge in [-0.3, -0.25) is 0 Å². The smallest absolute Gasteiger partial charge is 0.187 e. The van der Waals surface area contributed by atoms with Crippen LogP contribution >= 0.6 is 0 Å². The van der Waals surface area contributed by atoms with Crippen molar-refractivity contribution in [3.63, 3.8) is 0 Å². The highest BCUT2D eigenvalue weighted by Crippen LogP contribution is 2.75. The van der Waals surface area contributed by atoms with Crippen LogP contribution in [0.4, 0.5) is 0 Å². The lowest BCUT2D eigenvalue weighted by molar-refractivity contribution is -0.375. The summed E-state index contributed by atoms with van der Waals surface area (Å²) >= 11 is 0. The second-order valence-electron chi connectivity index (χ2n) is 20.2. The Kier molecular flexibility index (Phi) is 12.7. The lowest BCUT2D eigenvalue weighted by Gasteiger charge is -2.67. The largest absolute Gasteiger partial charge is 0.394 e. The molecule has 2 aliphatic heterocycles. The molecule has 2 saturated heterocycles. The molecule has 5 fully saturated rings. The van der Waals surface area contributed by atoms with Crippen LogP contribution < -0.4 is 0 Å². The first-order valence-electron chi connectivity index (χ1n) is 21.0. The van der Waals surface area contributed by atoms with E-state index in [0.717, 1.165) is 32.1 Å². The van der Waals surface area contributed by atoms with Crippen molar-refractivity contribution in [3.05, 3.63) is 11.6 Å². The molecule has 0 bridgehead atoms. The summed E-state index contributed by atoms with van der Waals surface area (Å²) in [6.07, 6.45) is -9.06. The Labute approximate surface area is 331 Å². The van der Waals surface area contributed by atoms with E-state index < -0.39 is 98.5 Å². The molecule has 0 aromatic heterocycles. The molecule has 0 spiro atoms. The molecule has 14 heteroatoms. The fourth-order valence-electron chi connectivity index (χ4n) is 12.7. The highest BCUT2D eigenvalue weighted by molar-refractivity contribution is 5.31. The number of allylic oxidation sites excluding steroid dienone is 1. The maximum atomic E-state index is 12.3. The van der Waals surface area contributed by atoms with Crippen molar-refractivity contribution in [2.24, 2.45) is 45.3 Å². The van der Waals surface area contributed by atoms with Crippen molar-refractivity contribution in [2.45, 2.75) is 192 Å². The predicted molar refractivity (Wildman–Crippen MR) is 202 cm³/mol. The van der Waals surface area contributed by atoms with E-state index in [9.17, 15) is 51.1 Å². The first-order valence-corrected chi connectivity index (χ1v) is 21.0. The third-order valence-corrected chi connectivity index (χ3v) is 16.6. The minimum Gasteiger partial charge on any atom is -0.394 e. The summed E-state index contributed by atoms with van der Waals surface area (Å²) in [6, 6.07) is 0. The van der Waals surface area contributed by atoms with Gasteiger partial charge in [0.1, 0.15) is 48.8 Å². The van der Waals surface area contributed by atoms with E-state index in [1.165, 1.54) is 5.57 Å². The summed E-state index contributed by atoms with van der Waals surface area (Å²) in [6.45, 7) is 15.4. The van der Waals surface area contributed by atoms with Gasteiger partial charge in [-0.25, -0.2) is 0 Å². The number of ether oxygens (including phenoxy) is 4. The van der Waals surface area contributed by atoms with E-state index in [-0.39, 0.29) is 45.3 Å². The minimum absolute atomic E-state index is 0.0323. The first kappa shape index (κ1) is 44.7. The lowest BCUT2D eigenvalue weighted by Crippen LogP contribution is -2.65. The van der Waals surface area contributed by atoms with Gasteiger partial charge in [0.05, 0.1) is 37.1 Å². The van der Waals surface area contributed by atoms with Gasteiger partial charge in [-0.2, -0.15) is 0 Å². The summed E-state index contributed by atoms with van der Waals surface area (Å²) in [5.41, 5.74) is -0.951. The highest BCUT2D eigenvalue weighted by Gasteiger charge is 2.70. The zero-order valence-corrected chi connectivity index (χ0v) is 34.6. The maximum absolute atomic E-state index is 12.3. The van der Waals surface area contributed by atoms with Gasteiger partial charge in [-0.05, 0) is 99.7 Å². The molecule has 0 amide bonds. The van der Waals surface area contributed by atoms with Gasteiger partial charge in [0.2, 0.25) is 0 Å². The summed E-state index contributed by atoms with van der Waals surface area (Å²) in [5.74, 6) is 0.931. The SMILES string of the molecule is CC(CCC(OC1OC(CO)C(O)C(O)C1OC1OC(CO)C(O)C(O)C1O)C(C)(C)O)C1CCC2(C)C3CC=C4C(CCC(O)C4(C)C)C3(C)C(O)CC12C. The number of rotatable bonds is 11. The standard InChI is InChI=1S/C42H72O14/c1-20(21-15-16-40(6)26-12-10-22-23(11-13-27(45)38(22,2)3)42(26,8)28(46)17-41(21,40)7)9-14-29(39(4,5)52)55-37-35(33(50)31(48)25(19-44)54-37)56-36-34(51)32(49)30(47)24(18-43)53-36/h10,20-21,23-37,43-52H,9,11-19H2,1-8H3. The number of aliphatic hydroxyl groups excluding tert-OH is 9. The van der Waals surface area contributed by atoms with Crippen LogP contribution in [0, 0.1) is 45.3 Å². The fourth-order valence-corrected chi connectivity index (χ4v) is 12.7. The molecule has 6 rings (SSSR count). The second-order valence-corrected chi connectivity index (χ2v) is 20.2. The molecule has 2 heterocycles. The Morgan fingerprint density at radius 1 is 0.768 bits per heavy atom. The maximum Gasteiger partial charge on any atom is 0.187 e. The van der Waals surface area contributed by atoms with Crippen molar-refractivity contribution >= 4 is 0 Å². The Morgan fingerprint density at radius 3 is 1.98 bits per heavy atom. The van der Waals surface area contributed by atoms with Gasteiger partial charge in [0.15, 0.2) is 12.6 Å². The van der Waals surface area contributed by atoms with Crippen molar-refractivity contribution in [1.82, 2.24) is 0 Å². The average molecular weight is 801 g/mol. The minimum atomic E-state index is -1.80. The molecule has 0 aromatic rings. The zero-order chi connectivity index (χ0) is 41.5.